The van der Waals surface area contributed by atoms with Crippen molar-refractivity contribution < 1.29 is 9.53 Å². The normalized spacial score (nSPS) is 15.1. The lowest BCUT2D eigenvalue weighted by molar-refractivity contribution is 0.0524. The van der Waals surface area contributed by atoms with Crippen molar-refractivity contribution in [1.82, 2.24) is 15.3 Å². The van der Waals surface area contributed by atoms with Crippen molar-refractivity contribution in [3.05, 3.63) is 17.5 Å². The molecule has 2 rings (SSSR count). The molecule has 1 aromatic heterocycles. The van der Waals surface area contributed by atoms with E-state index in [1.807, 2.05) is 11.9 Å². The van der Waals surface area contributed by atoms with Gasteiger partial charge in [-0.1, -0.05) is 0 Å². The molecule has 0 aliphatic carbocycles. The molecule has 6 heteroatoms. The van der Waals surface area contributed by atoms with Crippen molar-refractivity contribution in [2.45, 2.75) is 19.9 Å². The summed E-state index contributed by atoms with van der Waals surface area (Å²) in [5, 5.41) is 3.20. The number of esters is 1. The molecule has 6 nitrogen and oxygen atoms in total. The van der Waals surface area contributed by atoms with Crippen LogP contribution in [-0.4, -0.2) is 48.7 Å². The molecule has 18 heavy (non-hydrogen) atoms. The Morgan fingerprint density at radius 3 is 2.83 bits per heavy atom. The first-order chi connectivity index (χ1) is 8.63. The van der Waals surface area contributed by atoms with Crippen LogP contribution in [0.15, 0.2) is 6.20 Å². The van der Waals surface area contributed by atoms with E-state index in [1.54, 1.807) is 13.8 Å². The van der Waals surface area contributed by atoms with Crippen LogP contribution in [0, 0.1) is 6.92 Å². The standard InChI is InChI=1S/C12H18N4O2/c1-4-18-11(17)10-7-14-12(15-8(10)2)16(3)9-5-13-6-9/h7,9,13H,4-6H2,1-3H3. The molecule has 0 saturated carbocycles. The number of nitrogens with one attached hydrogen (secondary N) is 1. The van der Waals surface area contributed by atoms with Gasteiger partial charge >= 0.3 is 5.97 Å². The molecule has 0 unspecified atom stereocenters. The second-order valence-electron chi connectivity index (χ2n) is 4.31. The Labute approximate surface area is 106 Å². The SMILES string of the molecule is CCOC(=O)c1cnc(N(C)C2CNC2)nc1C. The Bertz CT molecular complexity index is 446. The number of likely N-dealkylation sites (N-methyl/N-ethyl adjacent to an activating group) is 1. The van der Waals surface area contributed by atoms with Crippen LogP contribution in [0.4, 0.5) is 5.95 Å². The minimum Gasteiger partial charge on any atom is -0.462 e. The second kappa shape index (κ2) is 5.30. The van der Waals surface area contributed by atoms with Crippen LogP contribution >= 0.6 is 0 Å². The summed E-state index contributed by atoms with van der Waals surface area (Å²) in [6.45, 7) is 5.81. The number of carbonyl (C=O) groups excluding carboxylic acids is 1. The molecule has 0 spiro atoms. The molecule has 1 aliphatic heterocycles. The highest BCUT2D eigenvalue weighted by Gasteiger charge is 2.24. The van der Waals surface area contributed by atoms with Crippen LogP contribution in [0.1, 0.15) is 23.0 Å². The Balaban J connectivity index is 2.16. The molecule has 1 N–H and O–H groups in total. The van der Waals surface area contributed by atoms with Crippen molar-refractivity contribution in [3.8, 4) is 0 Å². The van der Waals surface area contributed by atoms with Crippen molar-refractivity contribution in [2.75, 3.05) is 31.6 Å². The summed E-state index contributed by atoms with van der Waals surface area (Å²) < 4.78 is 4.95. The van der Waals surface area contributed by atoms with Crippen LogP contribution in [0.3, 0.4) is 0 Å². The number of nitrogens with zero attached hydrogens (tertiary/aromatic N) is 3. The van der Waals surface area contributed by atoms with Gasteiger partial charge in [-0.3, -0.25) is 0 Å². The molecule has 1 saturated heterocycles. The van der Waals surface area contributed by atoms with Gasteiger partial charge in [0.05, 0.1) is 23.9 Å². The summed E-state index contributed by atoms with van der Waals surface area (Å²) >= 11 is 0. The number of ether oxygens (including phenoxy) is 1. The fourth-order valence-electron chi connectivity index (χ4n) is 1.74. The summed E-state index contributed by atoms with van der Waals surface area (Å²) in [5.74, 6) is 0.279. The van der Waals surface area contributed by atoms with Crippen LogP contribution in [0.5, 0.6) is 0 Å². The van der Waals surface area contributed by atoms with E-state index >= 15 is 0 Å². The average Bonchev–Trinajstić information content (AvgIpc) is 2.26. The molecule has 0 radical (unpaired) electrons. The molecule has 1 aliphatic rings. The van der Waals surface area contributed by atoms with E-state index < -0.39 is 0 Å². The van der Waals surface area contributed by atoms with Crippen molar-refractivity contribution >= 4 is 11.9 Å². The molecule has 98 valence electrons. The van der Waals surface area contributed by atoms with E-state index in [4.69, 9.17) is 4.74 Å². The lowest BCUT2D eigenvalue weighted by Gasteiger charge is -2.35. The summed E-state index contributed by atoms with van der Waals surface area (Å²) in [6.07, 6.45) is 1.54. The topological polar surface area (TPSA) is 67.3 Å². The van der Waals surface area contributed by atoms with E-state index in [1.165, 1.54) is 6.20 Å². The number of anilines is 1. The average molecular weight is 250 g/mol. The highest BCUT2D eigenvalue weighted by molar-refractivity contribution is 5.90. The number of hydrogen-bond donors (Lipinski definition) is 1. The number of hydrogen-bond acceptors (Lipinski definition) is 6. The predicted octanol–water partition coefficient (Wildman–Crippen LogP) is 0.370. The smallest absolute Gasteiger partial charge is 0.341 e. The monoisotopic (exact) mass is 250 g/mol. The van der Waals surface area contributed by atoms with Gasteiger partial charge in [0.15, 0.2) is 0 Å². The zero-order chi connectivity index (χ0) is 13.1. The van der Waals surface area contributed by atoms with Crippen LogP contribution in [-0.2, 0) is 4.74 Å². The first-order valence-corrected chi connectivity index (χ1v) is 6.07. The Morgan fingerprint density at radius 1 is 1.61 bits per heavy atom. The minimum absolute atomic E-state index is 0.355. The van der Waals surface area contributed by atoms with E-state index in [0.717, 1.165) is 13.1 Å². The fraction of sp³-hybridized carbons (Fsp3) is 0.583. The summed E-state index contributed by atoms with van der Waals surface area (Å²) in [4.78, 5) is 22.2. The molecule has 1 aromatic rings. The second-order valence-corrected chi connectivity index (χ2v) is 4.31. The fourth-order valence-corrected chi connectivity index (χ4v) is 1.74. The minimum atomic E-state index is -0.366. The lowest BCUT2D eigenvalue weighted by Crippen LogP contribution is -2.56. The number of aryl methyl sites for hydroxylation is 1. The highest BCUT2D eigenvalue weighted by atomic mass is 16.5. The maximum absolute atomic E-state index is 11.6. The molecule has 0 bridgehead atoms. The Kier molecular flexibility index (Phi) is 3.76. The molecule has 2 heterocycles. The van der Waals surface area contributed by atoms with Gasteiger partial charge in [-0.15, -0.1) is 0 Å². The van der Waals surface area contributed by atoms with Gasteiger partial charge in [-0.2, -0.15) is 0 Å². The van der Waals surface area contributed by atoms with E-state index in [2.05, 4.69) is 15.3 Å². The highest BCUT2D eigenvalue weighted by Crippen LogP contribution is 2.14. The predicted molar refractivity (Wildman–Crippen MR) is 67.8 cm³/mol. The summed E-state index contributed by atoms with van der Waals surface area (Å²) in [6, 6.07) is 0.429. The van der Waals surface area contributed by atoms with Gasteiger partial charge in [0.2, 0.25) is 5.95 Å². The molecular formula is C12H18N4O2. The maximum atomic E-state index is 11.6. The third-order valence-corrected chi connectivity index (χ3v) is 3.09. The van der Waals surface area contributed by atoms with Crippen LogP contribution < -0.4 is 10.2 Å². The van der Waals surface area contributed by atoms with Crippen LogP contribution in [0.25, 0.3) is 0 Å². The molecule has 0 aromatic carbocycles. The van der Waals surface area contributed by atoms with E-state index in [9.17, 15) is 4.79 Å². The number of carbonyl (C=O) groups is 1. The van der Waals surface area contributed by atoms with Gasteiger partial charge in [-0.25, -0.2) is 14.8 Å². The quantitative estimate of drug-likeness (QED) is 0.779. The zero-order valence-electron chi connectivity index (χ0n) is 10.9. The molecular weight excluding hydrogens is 232 g/mol. The van der Waals surface area contributed by atoms with Crippen molar-refractivity contribution in [1.29, 1.82) is 0 Å². The lowest BCUT2D eigenvalue weighted by atomic mass is 10.1. The molecule has 0 atom stereocenters. The maximum Gasteiger partial charge on any atom is 0.341 e. The van der Waals surface area contributed by atoms with Gasteiger partial charge in [0, 0.05) is 26.3 Å². The number of rotatable bonds is 4. The van der Waals surface area contributed by atoms with Crippen molar-refractivity contribution in [2.24, 2.45) is 0 Å². The first kappa shape index (κ1) is 12.8. The van der Waals surface area contributed by atoms with Gasteiger partial charge < -0.3 is 15.0 Å². The third-order valence-electron chi connectivity index (χ3n) is 3.09. The van der Waals surface area contributed by atoms with Gasteiger partial charge in [0.25, 0.3) is 0 Å². The number of aromatic nitrogens is 2. The zero-order valence-corrected chi connectivity index (χ0v) is 10.9. The van der Waals surface area contributed by atoms with Crippen LogP contribution in [0.2, 0.25) is 0 Å². The Hall–Kier alpha value is -1.69. The third kappa shape index (κ3) is 2.43. The van der Waals surface area contributed by atoms with E-state index in [-0.39, 0.29) is 5.97 Å². The summed E-state index contributed by atoms with van der Waals surface area (Å²) in [5.41, 5.74) is 1.08. The largest absolute Gasteiger partial charge is 0.462 e. The van der Waals surface area contributed by atoms with E-state index in [0.29, 0.717) is 29.9 Å². The van der Waals surface area contributed by atoms with Crippen molar-refractivity contribution in [3.63, 3.8) is 0 Å². The summed E-state index contributed by atoms with van der Waals surface area (Å²) in [7, 11) is 1.96. The molecule has 1 fully saturated rings. The van der Waals surface area contributed by atoms with Gasteiger partial charge in [-0.05, 0) is 13.8 Å². The Morgan fingerprint density at radius 2 is 2.33 bits per heavy atom. The first-order valence-electron chi connectivity index (χ1n) is 6.07. The van der Waals surface area contributed by atoms with Gasteiger partial charge in [0.1, 0.15) is 0 Å². The molecule has 0 amide bonds.